The molecule has 3 aromatic rings. The first-order valence-corrected chi connectivity index (χ1v) is 11.1. The van der Waals surface area contributed by atoms with Crippen molar-refractivity contribution in [3.63, 3.8) is 0 Å². The number of nitrogens with one attached hydrogen (secondary N) is 1. The van der Waals surface area contributed by atoms with Crippen LogP contribution in [0.2, 0.25) is 0 Å². The lowest BCUT2D eigenvalue weighted by molar-refractivity contribution is -0.123. The van der Waals surface area contributed by atoms with Crippen LogP contribution in [0.25, 0.3) is 0 Å². The van der Waals surface area contributed by atoms with E-state index < -0.39 is 11.9 Å². The number of hydrogen-bond donors (Lipinski definition) is 1. The number of rotatable bonds is 7. The maximum absolute atomic E-state index is 13.7. The van der Waals surface area contributed by atoms with Crippen molar-refractivity contribution in [1.82, 2.24) is 14.9 Å². The number of benzene rings is 2. The van der Waals surface area contributed by atoms with E-state index in [-0.39, 0.29) is 17.6 Å². The second-order valence-corrected chi connectivity index (χ2v) is 8.05. The van der Waals surface area contributed by atoms with Crippen LogP contribution in [-0.2, 0) is 4.79 Å². The molecule has 4 rings (SSSR count). The molecule has 1 saturated carbocycles. The second kappa shape index (κ2) is 9.70. The molecule has 0 saturated heterocycles. The lowest BCUT2D eigenvalue weighted by Crippen LogP contribution is -2.46. The van der Waals surface area contributed by atoms with Crippen LogP contribution in [-0.4, -0.2) is 34.6 Å². The predicted octanol–water partition coefficient (Wildman–Crippen LogP) is 3.99. The SMILES string of the molecule is COc1ccccc1[C@H](C(=O)NC1CCCC1)N(C(=O)c1csnn1)c1ccccc1. The summed E-state index contributed by atoms with van der Waals surface area (Å²) in [5.74, 6) is -0.0894. The quantitative estimate of drug-likeness (QED) is 0.605. The number of hydrogen-bond acceptors (Lipinski definition) is 6. The van der Waals surface area contributed by atoms with E-state index in [2.05, 4.69) is 14.9 Å². The Bertz CT molecular complexity index is 1020. The zero-order chi connectivity index (χ0) is 21.6. The molecule has 1 fully saturated rings. The number of amides is 2. The highest BCUT2D eigenvalue weighted by Gasteiger charge is 2.37. The highest BCUT2D eigenvalue weighted by molar-refractivity contribution is 7.03. The van der Waals surface area contributed by atoms with Gasteiger partial charge in [0.15, 0.2) is 5.69 Å². The Kier molecular flexibility index (Phi) is 6.57. The first-order valence-electron chi connectivity index (χ1n) is 10.3. The fourth-order valence-electron chi connectivity index (χ4n) is 3.99. The van der Waals surface area contributed by atoms with Crippen molar-refractivity contribution >= 4 is 29.0 Å². The zero-order valence-electron chi connectivity index (χ0n) is 17.2. The molecule has 8 heteroatoms. The van der Waals surface area contributed by atoms with Crippen LogP contribution < -0.4 is 15.0 Å². The van der Waals surface area contributed by atoms with Crippen molar-refractivity contribution in [2.24, 2.45) is 0 Å². The molecule has 2 amide bonds. The van der Waals surface area contributed by atoms with Gasteiger partial charge in [0.2, 0.25) is 5.91 Å². The van der Waals surface area contributed by atoms with Gasteiger partial charge in [-0.1, -0.05) is 53.7 Å². The standard InChI is InChI=1S/C23H24N4O3S/c1-30-20-14-8-7-13-18(20)21(22(28)24-16-9-5-6-10-16)27(17-11-3-2-4-12-17)23(29)19-15-31-26-25-19/h2-4,7-8,11-16,21H,5-6,9-10H2,1H3,(H,24,28)/t21-/m1/s1. The maximum Gasteiger partial charge on any atom is 0.280 e. The van der Waals surface area contributed by atoms with Crippen LogP contribution in [0, 0.1) is 0 Å². The van der Waals surface area contributed by atoms with Crippen molar-refractivity contribution < 1.29 is 14.3 Å². The smallest absolute Gasteiger partial charge is 0.280 e. The fourth-order valence-corrected chi connectivity index (χ4v) is 4.42. The van der Waals surface area contributed by atoms with E-state index in [1.54, 1.807) is 18.6 Å². The van der Waals surface area contributed by atoms with E-state index in [1.807, 2.05) is 48.5 Å². The normalized spacial score (nSPS) is 14.7. The molecule has 1 aliphatic carbocycles. The number of carbonyl (C=O) groups is 2. The Morgan fingerprint density at radius 1 is 1.10 bits per heavy atom. The fraction of sp³-hybridized carbons (Fsp3) is 0.304. The summed E-state index contributed by atoms with van der Waals surface area (Å²) in [5.41, 5.74) is 1.40. The minimum absolute atomic E-state index is 0.110. The lowest BCUT2D eigenvalue weighted by Gasteiger charge is -2.32. The van der Waals surface area contributed by atoms with Crippen LogP contribution in [0.15, 0.2) is 60.0 Å². The second-order valence-electron chi connectivity index (χ2n) is 7.44. The van der Waals surface area contributed by atoms with E-state index >= 15 is 0 Å². The summed E-state index contributed by atoms with van der Waals surface area (Å²) >= 11 is 1.10. The van der Waals surface area contributed by atoms with E-state index in [4.69, 9.17) is 4.74 Å². The topological polar surface area (TPSA) is 84.4 Å². The van der Waals surface area contributed by atoms with E-state index in [9.17, 15) is 9.59 Å². The Hall–Kier alpha value is -3.26. The van der Waals surface area contributed by atoms with E-state index in [0.717, 1.165) is 37.2 Å². The molecule has 1 atom stereocenters. The summed E-state index contributed by atoms with van der Waals surface area (Å²) in [4.78, 5) is 28.7. The molecular formula is C23H24N4O3S. The zero-order valence-corrected chi connectivity index (χ0v) is 18.0. The highest BCUT2D eigenvalue weighted by atomic mass is 32.1. The number of para-hydroxylation sites is 2. The van der Waals surface area contributed by atoms with Gasteiger partial charge in [0.1, 0.15) is 11.8 Å². The first-order chi connectivity index (χ1) is 15.2. The summed E-state index contributed by atoms with van der Waals surface area (Å²) in [6, 6.07) is 15.6. The van der Waals surface area contributed by atoms with Crippen LogP contribution >= 0.6 is 11.5 Å². The predicted molar refractivity (Wildman–Crippen MR) is 119 cm³/mol. The van der Waals surface area contributed by atoms with Crippen LogP contribution in [0.5, 0.6) is 5.75 Å². The lowest BCUT2D eigenvalue weighted by atomic mass is 10.0. The molecular weight excluding hydrogens is 412 g/mol. The van der Waals surface area contributed by atoms with Crippen LogP contribution in [0.3, 0.4) is 0 Å². The molecule has 7 nitrogen and oxygen atoms in total. The Balaban J connectivity index is 1.82. The summed E-state index contributed by atoms with van der Waals surface area (Å²) in [6.45, 7) is 0. The molecule has 1 N–H and O–H groups in total. The van der Waals surface area contributed by atoms with Gasteiger partial charge in [0, 0.05) is 22.7 Å². The number of carbonyl (C=O) groups excluding carboxylic acids is 2. The Labute approximate surface area is 185 Å². The van der Waals surface area contributed by atoms with Gasteiger partial charge in [-0.05, 0) is 42.6 Å². The molecule has 0 radical (unpaired) electrons. The largest absolute Gasteiger partial charge is 0.496 e. The monoisotopic (exact) mass is 436 g/mol. The van der Waals surface area contributed by atoms with Crippen molar-refractivity contribution in [2.45, 2.75) is 37.8 Å². The molecule has 0 aliphatic heterocycles. The summed E-state index contributed by atoms with van der Waals surface area (Å²) in [7, 11) is 1.56. The molecule has 31 heavy (non-hydrogen) atoms. The third-order valence-electron chi connectivity index (χ3n) is 5.47. The van der Waals surface area contributed by atoms with Gasteiger partial charge in [0.05, 0.1) is 7.11 Å². The Morgan fingerprint density at radius 3 is 2.48 bits per heavy atom. The number of ether oxygens (including phenoxy) is 1. The van der Waals surface area contributed by atoms with Gasteiger partial charge in [0.25, 0.3) is 5.91 Å². The van der Waals surface area contributed by atoms with Crippen molar-refractivity contribution in [3.8, 4) is 5.75 Å². The molecule has 0 spiro atoms. The van der Waals surface area contributed by atoms with Crippen molar-refractivity contribution in [2.75, 3.05) is 12.0 Å². The third kappa shape index (κ3) is 4.59. The molecule has 1 aliphatic rings. The van der Waals surface area contributed by atoms with Crippen molar-refractivity contribution in [1.29, 1.82) is 0 Å². The third-order valence-corrected chi connectivity index (χ3v) is 5.98. The average Bonchev–Trinajstić information content (AvgIpc) is 3.52. The Morgan fingerprint density at radius 2 is 1.81 bits per heavy atom. The molecule has 1 aromatic heterocycles. The van der Waals surface area contributed by atoms with Gasteiger partial charge in [-0.2, -0.15) is 0 Å². The summed E-state index contributed by atoms with van der Waals surface area (Å²) in [5, 5.41) is 8.71. The van der Waals surface area contributed by atoms with Gasteiger partial charge >= 0.3 is 0 Å². The number of aromatic nitrogens is 2. The minimum atomic E-state index is -0.923. The van der Waals surface area contributed by atoms with Crippen LogP contribution in [0.4, 0.5) is 5.69 Å². The van der Waals surface area contributed by atoms with Gasteiger partial charge in [-0.25, -0.2) is 0 Å². The van der Waals surface area contributed by atoms with Gasteiger partial charge in [-0.3, -0.25) is 14.5 Å². The van der Waals surface area contributed by atoms with Crippen molar-refractivity contribution in [3.05, 3.63) is 71.2 Å². The summed E-state index contributed by atoms with van der Waals surface area (Å²) in [6.07, 6.45) is 4.07. The molecule has 160 valence electrons. The maximum atomic E-state index is 13.7. The summed E-state index contributed by atoms with van der Waals surface area (Å²) < 4.78 is 9.39. The number of anilines is 1. The van der Waals surface area contributed by atoms with E-state index in [1.165, 1.54) is 4.90 Å². The first kappa shape index (κ1) is 21.0. The molecule has 1 heterocycles. The van der Waals surface area contributed by atoms with Crippen LogP contribution in [0.1, 0.15) is 47.8 Å². The minimum Gasteiger partial charge on any atom is -0.496 e. The molecule has 0 bridgehead atoms. The number of methoxy groups -OCH3 is 1. The highest BCUT2D eigenvalue weighted by Crippen LogP contribution is 2.35. The average molecular weight is 437 g/mol. The van der Waals surface area contributed by atoms with Gasteiger partial charge in [-0.15, -0.1) is 5.10 Å². The van der Waals surface area contributed by atoms with E-state index in [0.29, 0.717) is 17.0 Å². The number of nitrogens with zero attached hydrogens (tertiary/aromatic N) is 3. The molecule has 0 unspecified atom stereocenters. The molecule has 2 aromatic carbocycles. The van der Waals surface area contributed by atoms with Gasteiger partial charge < -0.3 is 10.1 Å².